The van der Waals surface area contributed by atoms with E-state index in [4.69, 9.17) is 47.0 Å². The normalized spacial score (nSPS) is 15.8. The fraction of sp³-hybridized carbons (Fsp3) is 0.588. The number of carbonyl (C=O) groups excluding carboxylic acids is 4. The number of benzene rings is 4. The Labute approximate surface area is 559 Å². The van der Waals surface area contributed by atoms with E-state index in [9.17, 15) is 39.3 Å². The van der Waals surface area contributed by atoms with Crippen LogP contribution in [0.15, 0.2) is 84.9 Å². The van der Waals surface area contributed by atoms with E-state index in [0.29, 0.717) is 72.8 Å². The lowest BCUT2D eigenvalue weighted by Crippen LogP contribution is -2.44. The van der Waals surface area contributed by atoms with Gasteiger partial charge in [0.25, 0.3) is 0 Å². The molecule has 0 aromatic heterocycles. The number of rotatable bonds is 30. The van der Waals surface area contributed by atoms with Crippen molar-refractivity contribution in [2.45, 2.75) is 197 Å². The van der Waals surface area contributed by atoms with Gasteiger partial charge in [-0.1, -0.05) is 60.7 Å². The summed E-state index contributed by atoms with van der Waals surface area (Å²) in [4.78, 5) is 58.8. The summed E-state index contributed by atoms with van der Waals surface area (Å²) < 4.78 is 59.4. The molecule has 0 aliphatic carbocycles. The van der Waals surface area contributed by atoms with Gasteiger partial charge in [0.05, 0.1) is 75.0 Å². The van der Waals surface area contributed by atoms with Crippen molar-refractivity contribution in [3.8, 4) is 11.5 Å². The Morgan fingerprint density at radius 2 is 0.723 bits per heavy atom. The summed E-state index contributed by atoms with van der Waals surface area (Å²) in [6, 6.07) is 25.4. The van der Waals surface area contributed by atoms with Crippen LogP contribution in [-0.2, 0) is 82.9 Å². The molecule has 0 spiro atoms. The van der Waals surface area contributed by atoms with Gasteiger partial charge in [-0.3, -0.25) is 38.8 Å². The molecule has 0 bridgehead atoms. The summed E-state index contributed by atoms with van der Waals surface area (Å²) in [5.74, 6) is -0.261. The topological polar surface area (TPSA) is 254 Å². The first-order valence-electron chi connectivity index (χ1n) is 32.2. The van der Waals surface area contributed by atoms with Crippen LogP contribution in [0.2, 0.25) is 0 Å². The predicted octanol–water partition coefficient (Wildman–Crippen LogP) is 4.54. The largest absolute Gasteiger partial charge is 0.495 e. The molecular weight excluding hydrogens is 1200 g/mol. The predicted molar refractivity (Wildman–Crippen MR) is 365 cm³/mol. The Morgan fingerprint density at radius 3 is 0.989 bits per heavy atom. The van der Waals surface area contributed by atoms with Crippen molar-refractivity contribution in [1.82, 2.24) is 19.6 Å². The highest BCUT2D eigenvalue weighted by Gasteiger charge is 2.53. The van der Waals surface area contributed by atoms with Gasteiger partial charge >= 0.3 is 52.4 Å². The summed E-state index contributed by atoms with van der Waals surface area (Å²) in [5.41, 5.74) is 1.85. The van der Waals surface area contributed by atoms with Crippen LogP contribution in [-0.4, -0.2) is 204 Å². The number of nitrogens with zero attached hydrogens (tertiary/aromatic N) is 4. The fourth-order valence-electron chi connectivity index (χ4n) is 10.4. The Hall–Kier alpha value is -5.86. The summed E-state index contributed by atoms with van der Waals surface area (Å²) in [6.45, 7) is 37.2. The smallest absolute Gasteiger partial charge is 0.491 e. The highest BCUT2D eigenvalue weighted by molar-refractivity contribution is 6.63. The standard InChI is InChI=1S/C40H62B2N2O10.C28H42B2N2O8/c1-27(2)49-31-15-17-33(41-51-37(5,6)38(7,8)52-41)29(21-31)23-43(25-35(45)47-13)19-20-44(26-36(46)48-14)24-30-22-32(50-28(3)4)16-18-34(30)42-53-39(9,10)40(11,12)54-42;1-27(2,3)39-25(33)19-31(17-21-11-7-9-13-23(21)29(35)36)15-16-32(20-26(34)40-28(4,5)6)18-22-12-8-10-14-24(22)30(37)38/h15-18,21-22,27-28H,19-20,23-26H2,1-14H3;7-14,35-38H,15-20H2,1-6H3. The molecule has 0 unspecified atom stereocenters. The minimum atomic E-state index is -1.68. The lowest BCUT2D eigenvalue weighted by Gasteiger charge is -2.32. The lowest BCUT2D eigenvalue weighted by atomic mass is 9.75. The van der Waals surface area contributed by atoms with E-state index in [1.807, 2.05) is 139 Å². The quantitative estimate of drug-likeness (QED) is 0.0318. The lowest BCUT2D eigenvalue weighted by molar-refractivity contribution is -0.158. The molecule has 4 aromatic rings. The second-order valence-corrected chi connectivity index (χ2v) is 28.5. The van der Waals surface area contributed by atoms with Crippen LogP contribution in [0, 0.1) is 0 Å². The molecule has 0 amide bonds. The van der Waals surface area contributed by atoms with Crippen molar-refractivity contribution in [1.29, 1.82) is 0 Å². The molecule has 0 atom stereocenters. The van der Waals surface area contributed by atoms with Gasteiger partial charge in [-0.05, 0) is 193 Å². The summed E-state index contributed by atoms with van der Waals surface area (Å²) >= 11 is 0. The van der Waals surface area contributed by atoms with E-state index in [1.54, 1.807) is 90.1 Å². The first-order chi connectivity index (χ1) is 43.6. The highest BCUT2D eigenvalue weighted by Crippen LogP contribution is 2.38. The zero-order valence-corrected chi connectivity index (χ0v) is 59.3. The molecule has 516 valence electrons. The van der Waals surface area contributed by atoms with Gasteiger partial charge in [0.15, 0.2) is 0 Å². The van der Waals surface area contributed by atoms with Gasteiger partial charge in [0.2, 0.25) is 0 Å². The number of carbonyl (C=O) groups is 4. The molecular formula is C68H104B4N4O18. The van der Waals surface area contributed by atoms with E-state index >= 15 is 0 Å². The minimum absolute atomic E-state index is 0.0114. The van der Waals surface area contributed by atoms with Crippen molar-refractivity contribution in [2.24, 2.45) is 0 Å². The van der Waals surface area contributed by atoms with Crippen LogP contribution >= 0.6 is 0 Å². The second-order valence-electron chi connectivity index (χ2n) is 28.5. The molecule has 94 heavy (non-hydrogen) atoms. The third kappa shape index (κ3) is 24.3. The first kappa shape index (κ1) is 78.8. The second kappa shape index (κ2) is 33.9. The zero-order valence-electron chi connectivity index (χ0n) is 59.3. The monoisotopic (exact) mass is 1310 g/mol. The Balaban J connectivity index is 0.000000357. The number of methoxy groups -OCH3 is 2. The molecule has 0 saturated carbocycles. The molecule has 2 fully saturated rings. The van der Waals surface area contributed by atoms with Crippen LogP contribution < -0.4 is 31.3 Å². The van der Waals surface area contributed by atoms with Crippen molar-refractivity contribution in [2.75, 3.05) is 66.6 Å². The van der Waals surface area contributed by atoms with Gasteiger partial charge < -0.3 is 67.1 Å². The fourth-order valence-corrected chi connectivity index (χ4v) is 10.4. The van der Waals surface area contributed by atoms with Crippen LogP contribution in [0.4, 0.5) is 0 Å². The Bertz CT molecular complexity index is 2900. The van der Waals surface area contributed by atoms with Crippen molar-refractivity contribution in [3.05, 3.63) is 107 Å². The molecule has 2 heterocycles. The number of hydrogen-bond donors (Lipinski definition) is 4. The SMILES string of the molecule is CC(C)(C)OC(=O)CN(CCN(CC(=O)OC(C)(C)C)Cc1ccccc1B(O)O)Cc1ccccc1B(O)O.COC(=O)CN(CCN(CC(=O)OC)Cc1cc(OC(C)C)ccc1B1OC(C)(C)C(C)(C)O1)Cc1cc(OC(C)C)ccc1B1OC(C)(C)C(C)(C)O1. The van der Waals surface area contributed by atoms with E-state index in [1.165, 1.54) is 14.2 Å². The Morgan fingerprint density at radius 1 is 0.447 bits per heavy atom. The third-order valence-electron chi connectivity index (χ3n) is 16.4. The maximum Gasteiger partial charge on any atom is 0.495 e. The highest BCUT2D eigenvalue weighted by atomic mass is 16.7. The van der Waals surface area contributed by atoms with Crippen LogP contribution in [0.5, 0.6) is 11.5 Å². The third-order valence-corrected chi connectivity index (χ3v) is 16.4. The van der Waals surface area contributed by atoms with E-state index < -0.39 is 74.0 Å². The number of ether oxygens (including phenoxy) is 6. The van der Waals surface area contributed by atoms with Crippen LogP contribution in [0.1, 0.15) is 147 Å². The van der Waals surface area contributed by atoms with Gasteiger partial charge in [0.1, 0.15) is 22.7 Å². The summed E-state index contributed by atoms with van der Waals surface area (Å²) in [6.07, 6.45) is -0.0739. The maximum atomic E-state index is 12.9. The van der Waals surface area contributed by atoms with Crippen LogP contribution in [0.3, 0.4) is 0 Å². The van der Waals surface area contributed by atoms with Gasteiger partial charge in [0, 0.05) is 52.4 Å². The van der Waals surface area contributed by atoms with Crippen molar-refractivity contribution in [3.63, 3.8) is 0 Å². The molecule has 0 radical (unpaired) electrons. The van der Waals surface area contributed by atoms with E-state index in [2.05, 4.69) is 0 Å². The summed E-state index contributed by atoms with van der Waals surface area (Å²) in [7, 11) is -1.85. The Kier molecular flexibility index (Phi) is 28.4. The zero-order chi connectivity index (χ0) is 70.3. The van der Waals surface area contributed by atoms with Gasteiger partial charge in [-0.25, -0.2) is 0 Å². The first-order valence-corrected chi connectivity index (χ1v) is 32.2. The van der Waals surface area contributed by atoms with Crippen molar-refractivity contribution < 1.29 is 86.3 Å². The molecule has 26 heteroatoms. The number of hydrogen-bond acceptors (Lipinski definition) is 22. The number of esters is 4. The van der Waals surface area contributed by atoms with E-state index in [0.717, 1.165) is 22.1 Å². The van der Waals surface area contributed by atoms with E-state index in [-0.39, 0.29) is 63.4 Å². The molecule has 22 nitrogen and oxygen atoms in total. The summed E-state index contributed by atoms with van der Waals surface area (Å²) in [5, 5.41) is 39.4. The van der Waals surface area contributed by atoms with Gasteiger partial charge in [-0.2, -0.15) is 0 Å². The van der Waals surface area contributed by atoms with Gasteiger partial charge in [-0.15, -0.1) is 0 Å². The molecule has 4 N–H and O–H groups in total. The molecule has 4 aromatic carbocycles. The minimum Gasteiger partial charge on any atom is -0.491 e. The van der Waals surface area contributed by atoms with Crippen LogP contribution in [0.25, 0.3) is 0 Å². The maximum absolute atomic E-state index is 12.9. The molecule has 2 aliphatic rings. The van der Waals surface area contributed by atoms with Crippen molar-refractivity contribution >= 4 is 74.2 Å². The average molecular weight is 1310 g/mol. The molecule has 2 saturated heterocycles. The average Bonchev–Trinajstić information content (AvgIpc) is 1.61. The molecule has 6 rings (SSSR count). The molecule has 2 aliphatic heterocycles.